The van der Waals surface area contributed by atoms with E-state index in [0.29, 0.717) is 35.1 Å². The van der Waals surface area contributed by atoms with Crippen molar-refractivity contribution in [2.24, 2.45) is 0 Å². The van der Waals surface area contributed by atoms with Gasteiger partial charge in [0.25, 0.3) is 0 Å². The van der Waals surface area contributed by atoms with Crippen molar-refractivity contribution in [2.45, 2.75) is 26.9 Å². The lowest BCUT2D eigenvalue weighted by Crippen LogP contribution is -2.20. The van der Waals surface area contributed by atoms with Crippen molar-refractivity contribution >= 4 is 28.8 Å². The molecule has 0 atom stereocenters. The summed E-state index contributed by atoms with van der Waals surface area (Å²) in [6.45, 7) is 4.39. The molecule has 0 aliphatic carbocycles. The summed E-state index contributed by atoms with van der Waals surface area (Å²) in [5.41, 5.74) is 3.44. The minimum Gasteiger partial charge on any atom is -0.329 e. The lowest BCUT2D eigenvalue weighted by Gasteiger charge is -2.10. The number of nitrogens with one attached hydrogen (secondary N) is 2. The van der Waals surface area contributed by atoms with Gasteiger partial charge >= 0.3 is 0 Å². The summed E-state index contributed by atoms with van der Waals surface area (Å²) in [5, 5.41) is 15.4. The van der Waals surface area contributed by atoms with Gasteiger partial charge < -0.3 is 10.6 Å². The second-order valence-corrected chi connectivity index (χ2v) is 7.77. The Morgan fingerprint density at radius 1 is 0.875 bits per heavy atom. The van der Waals surface area contributed by atoms with E-state index in [1.54, 1.807) is 58.0 Å². The van der Waals surface area contributed by atoms with E-state index in [9.17, 15) is 8.78 Å². The number of thiocarbonyl (C=S) groups is 1. The summed E-state index contributed by atoms with van der Waals surface area (Å²) in [4.78, 5) is 0. The molecule has 0 unspecified atom stereocenters. The van der Waals surface area contributed by atoms with Crippen molar-refractivity contribution < 1.29 is 8.78 Å². The molecule has 4 rings (SSSR count). The van der Waals surface area contributed by atoms with E-state index in [2.05, 4.69) is 20.8 Å². The van der Waals surface area contributed by atoms with Crippen molar-refractivity contribution in [3.8, 4) is 0 Å². The van der Waals surface area contributed by atoms with Crippen LogP contribution in [0.25, 0.3) is 0 Å². The lowest BCUT2D eigenvalue weighted by atomic mass is 10.2. The van der Waals surface area contributed by atoms with Crippen molar-refractivity contribution in [3.05, 3.63) is 94.9 Å². The maximum absolute atomic E-state index is 14.0. The highest BCUT2D eigenvalue weighted by molar-refractivity contribution is 7.80. The van der Waals surface area contributed by atoms with Gasteiger partial charge in [0.05, 0.1) is 30.2 Å². The predicted octanol–water partition coefficient (Wildman–Crippen LogP) is 4.88. The van der Waals surface area contributed by atoms with Crippen LogP contribution in [0.4, 0.5) is 20.3 Å². The molecule has 2 aromatic carbocycles. The van der Waals surface area contributed by atoms with Gasteiger partial charge in [0.1, 0.15) is 11.6 Å². The highest BCUT2D eigenvalue weighted by atomic mass is 32.1. The summed E-state index contributed by atoms with van der Waals surface area (Å²) in [6, 6.07) is 15.0. The summed E-state index contributed by atoms with van der Waals surface area (Å²) < 4.78 is 31.2. The van der Waals surface area contributed by atoms with Gasteiger partial charge in [-0.3, -0.25) is 9.36 Å². The Labute approximate surface area is 189 Å². The molecule has 0 aliphatic rings. The van der Waals surface area contributed by atoms with E-state index in [4.69, 9.17) is 12.2 Å². The third-order valence-electron chi connectivity index (χ3n) is 5.07. The van der Waals surface area contributed by atoms with Crippen LogP contribution in [0.2, 0.25) is 0 Å². The van der Waals surface area contributed by atoms with Crippen LogP contribution in [0.15, 0.2) is 60.8 Å². The van der Waals surface area contributed by atoms with Crippen LogP contribution in [0.5, 0.6) is 0 Å². The van der Waals surface area contributed by atoms with Crippen LogP contribution < -0.4 is 10.6 Å². The number of hydrogen-bond acceptors (Lipinski definition) is 3. The van der Waals surface area contributed by atoms with E-state index in [-0.39, 0.29) is 11.6 Å². The number of halogens is 2. The molecular formula is C23H22F2N6S. The van der Waals surface area contributed by atoms with E-state index in [0.717, 1.165) is 17.1 Å². The Balaban J connectivity index is 1.41. The van der Waals surface area contributed by atoms with Gasteiger partial charge in [-0.1, -0.05) is 36.4 Å². The number of nitrogens with zero attached hydrogens (tertiary/aromatic N) is 4. The number of aromatic nitrogens is 4. The molecule has 0 radical (unpaired) electrons. The first-order chi connectivity index (χ1) is 15.4. The Hall–Kier alpha value is -3.59. The third kappa shape index (κ3) is 4.83. The molecule has 0 aliphatic heterocycles. The van der Waals surface area contributed by atoms with Crippen molar-refractivity contribution in [1.82, 2.24) is 19.6 Å². The molecule has 4 aromatic rings. The number of hydrogen-bond donors (Lipinski definition) is 2. The highest BCUT2D eigenvalue weighted by Crippen LogP contribution is 2.21. The number of anilines is 2. The van der Waals surface area contributed by atoms with Crippen molar-refractivity contribution in [1.29, 1.82) is 0 Å². The minimum absolute atomic E-state index is 0.266. The van der Waals surface area contributed by atoms with E-state index < -0.39 is 0 Å². The molecule has 0 amide bonds. The quantitative estimate of drug-likeness (QED) is 0.409. The largest absolute Gasteiger partial charge is 0.329 e. The number of aryl methyl sites for hydroxylation is 1. The monoisotopic (exact) mass is 452 g/mol. The van der Waals surface area contributed by atoms with E-state index in [1.165, 1.54) is 12.1 Å². The molecule has 32 heavy (non-hydrogen) atoms. The lowest BCUT2D eigenvalue weighted by molar-refractivity contribution is 0.579. The van der Waals surface area contributed by atoms with Crippen LogP contribution in [-0.2, 0) is 13.1 Å². The van der Waals surface area contributed by atoms with Gasteiger partial charge in [-0.05, 0) is 38.2 Å². The fourth-order valence-corrected chi connectivity index (χ4v) is 3.61. The molecule has 2 N–H and O–H groups in total. The zero-order valence-corrected chi connectivity index (χ0v) is 18.5. The molecule has 0 spiro atoms. The first-order valence-corrected chi connectivity index (χ1v) is 10.4. The van der Waals surface area contributed by atoms with Crippen LogP contribution in [0.3, 0.4) is 0 Å². The molecule has 0 bridgehead atoms. The van der Waals surface area contributed by atoms with Crippen LogP contribution in [-0.4, -0.2) is 24.7 Å². The SMILES string of the molecule is Cc1nn(Cc2ccccc2F)c(C)c1NC(=S)Nc1ccn(Cc2ccccc2F)n1. The maximum Gasteiger partial charge on any atom is 0.176 e. The van der Waals surface area contributed by atoms with Gasteiger partial charge in [-0.15, -0.1) is 0 Å². The summed E-state index contributed by atoms with van der Waals surface area (Å²) >= 11 is 5.43. The Kier molecular flexibility index (Phi) is 6.27. The Morgan fingerprint density at radius 3 is 2.16 bits per heavy atom. The fourth-order valence-electron chi connectivity index (χ4n) is 3.40. The van der Waals surface area contributed by atoms with Gasteiger partial charge in [-0.2, -0.15) is 10.2 Å². The summed E-state index contributed by atoms with van der Waals surface area (Å²) in [7, 11) is 0. The molecule has 6 nitrogen and oxygen atoms in total. The normalized spacial score (nSPS) is 10.9. The second kappa shape index (κ2) is 9.27. The predicted molar refractivity (Wildman–Crippen MR) is 125 cm³/mol. The maximum atomic E-state index is 14.0. The zero-order chi connectivity index (χ0) is 22.7. The molecule has 0 saturated carbocycles. The third-order valence-corrected chi connectivity index (χ3v) is 5.27. The smallest absolute Gasteiger partial charge is 0.176 e. The number of rotatable bonds is 6. The van der Waals surface area contributed by atoms with Gasteiger partial charge in [0.15, 0.2) is 10.9 Å². The number of benzene rings is 2. The van der Waals surface area contributed by atoms with E-state index in [1.807, 2.05) is 13.8 Å². The molecule has 9 heteroatoms. The van der Waals surface area contributed by atoms with Gasteiger partial charge in [0, 0.05) is 23.4 Å². The molecule has 2 aromatic heterocycles. The van der Waals surface area contributed by atoms with Crippen LogP contribution >= 0.6 is 12.2 Å². The van der Waals surface area contributed by atoms with Crippen LogP contribution in [0, 0.1) is 25.5 Å². The molecule has 0 fully saturated rings. The van der Waals surface area contributed by atoms with Gasteiger partial charge in [-0.25, -0.2) is 8.78 Å². The molecule has 164 valence electrons. The van der Waals surface area contributed by atoms with Gasteiger partial charge in [0.2, 0.25) is 0 Å². The zero-order valence-electron chi connectivity index (χ0n) is 17.6. The first-order valence-electron chi connectivity index (χ1n) is 10.0. The minimum atomic E-state index is -0.270. The Morgan fingerprint density at radius 2 is 1.50 bits per heavy atom. The molecule has 0 saturated heterocycles. The second-order valence-electron chi connectivity index (χ2n) is 7.36. The highest BCUT2D eigenvalue weighted by Gasteiger charge is 2.15. The summed E-state index contributed by atoms with van der Waals surface area (Å²) in [6.07, 6.45) is 1.75. The average molecular weight is 453 g/mol. The topological polar surface area (TPSA) is 59.7 Å². The summed E-state index contributed by atoms with van der Waals surface area (Å²) in [5.74, 6) is -0.00124. The van der Waals surface area contributed by atoms with Crippen molar-refractivity contribution in [2.75, 3.05) is 10.6 Å². The van der Waals surface area contributed by atoms with Crippen molar-refractivity contribution in [3.63, 3.8) is 0 Å². The molecule has 2 heterocycles. The first kappa shape index (κ1) is 21.6. The van der Waals surface area contributed by atoms with Crippen LogP contribution in [0.1, 0.15) is 22.5 Å². The molecular weight excluding hydrogens is 430 g/mol. The average Bonchev–Trinajstić information content (AvgIpc) is 3.30. The fraction of sp³-hybridized carbons (Fsp3) is 0.174. The van der Waals surface area contributed by atoms with E-state index >= 15 is 0 Å². The Bertz CT molecular complexity index is 1260. The standard InChI is InChI=1S/C23H22F2N6S/c1-15-22(16(2)31(28-15)14-18-8-4-6-10-20(18)25)27-23(32)26-21-11-12-30(29-21)13-17-7-3-5-9-19(17)24/h3-12H,13-14H2,1-2H3,(H2,26,27,29,32).